The number of hydrogen-bond acceptors (Lipinski definition) is 7. The van der Waals surface area contributed by atoms with Crippen LogP contribution in [0.1, 0.15) is 47.2 Å². The van der Waals surface area contributed by atoms with Gasteiger partial charge >= 0.3 is 0 Å². The molecule has 2 aromatic carbocycles. The molecule has 0 saturated carbocycles. The summed E-state index contributed by atoms with van der Waals surface area (Å²) in [6, 6.07) is 11.5. The first-order chi connectivity index (χ1) is 16.6. The Morgan fingerprint density at radius 3 is 2.54 bits per heavy atom. The van der Waals surface area contributed by atoms with Gasteiger partial charge in [0.15, 0.2) is 11.0 Å². The molecule has 11 heteroatoms. The summed E-state index contributed by atoms with van der Waals surface area (Å²) in [5, 5.41) is 25.8. The van der Waals surface area contributed by atoms with E-state index in [1.165, 1.54) is 17.8 Å². The van der Waals surface area contributed by atoms with Gasteiger partial charge in [0.1, 0.15) is 0 Å². The fourth-order valence-corrected chi connectivity index (χ4v) is 4.19. The van der Waals surface area contributed by atoms with Gasteiger partial charge < -0.3 is 15.2 Å². The highest BCUT2D eigenvalue weighted by atomic mass is 32.2. The quantitative estimate of drug-likeness (QED) is 0.258. The number of nitro benzene ring substituents is 1. The number of nitrogens with zero attached hydrogens (tertiary/aromatic N) is 4. The van der Waals surface area contributed by atoms with Gasteiger partial charge in [-0.15, -0.1) is 10.2 Å². The summed E-state index contributed by atoms with van der Waals surface area (Å²) in [5.41, 5.74) is 2.38. The maximum atomic E-state index is 12.8. The van der Waals surface area contributed by atoms with Crippen LogP contribution in [0.15, 0.2) is 47.6 Å². The first-order valence-corrected chi connectivity index (χ1v) is 12.0. The van der Waals surface area contributed by atoms with E-state index in [0.29, 0.717) is 27.8 Å². The van der Waals surface area contributed by atoms with Gasteiger partial charge in [0.05, 0.1) is 16.7 Å². The number of anilines is 1. The number of aromatic nitrogens is 3. The van der Waals surface area contributed by atoms with Crippen molar-refractivity contribution in [3.05, 3.63) is 75.1 Å². The van der Waals surface area contributed by atoms with Crippen LogP contribution in [0.2, 0.25) is 0 Å². The largest absolute Gasteiger partial charge is 0.342 e. The third-order valence-electron chi connectivity index (χ3n) is 5.40. The third kappa shape index (κ3) is 6.44. The van der Waals surface area contributed by atoms with Crippen molar-refractivity contribution in [1.82, 2.24) is 20.1 Å². The molecule has 0 unspecified atom stereocenters. The minimum Gasteiger partial charge on any atom is -0.342 e. The van der Waals surface area contributed by atoms with Gasteiger partial charge in [-0.2, -0.15) is 0 Å². The van der Waals surface area contributed by atoms with Crippen LogP contribution in [0.3, 0.4) is 0 Å². The minimum absolute atomic E-state index is 0.0373. The van der Waals surface area contributed by atoms with Crippen LogP contribution in [-0.2, 0) is 11.8 Å². The first-order valence-electron chi connectivity index (χ1n) is 11.0. The Hall–Kier alpha value is -3.73. The van der Waals surface area contributed by atoms with Crippen molar-refractivity contribution < 1.29 is 14.5 Å². The van der Waals surface area contributed by atoms with Crippen LogP contribution in [0.5, 0.6) is 0 Å². The molecule has 184 valence electrons. The fourth-order valence-electron chi connectivity index (χ4n) is 3.47. The maximum Gasteiger partial charge on any atom is 0.274 e. The lowest BCUT2D eigenvalue weighted by Gasteiger charge is -2.21. The van der Waals surface area contributed by atoms with Crippen molar-refractivity contribution in [3.8, 4) is 0 Å². The summed E-state index contributed by atoms with van der Waals surface area (Å²) in [6.45, 7) is 7.53. The monoisotopic (exact) mass is 496 g/mol. The van der Waals surface area contributed by atoms with Gasteiger partial charge in [0, 0.05) is 29.9 Å². The van der Waals surface area contributed by atoms with E-state index in [-0.39, 0.29) is 35.2 Å². The molecule has 0 aliphatic heterocycles. The minimum atomic E-state index is -0.482. The Kier molecular flexibility index (Phi) is 8.23. The van der Waals surface area contributed by atoms with E-state index in [2.05, 4.69) is 20.8 Å². The number of amides is 2. The van der Waals surface area contributed by atoms with Gasteiger partial charge in [-0.25, -0.2) is 0 Å². The van der Waals surface area contributed by atoms with E-state index < -0.39 is 4.92 Å². The summed E-state index contributed by atoms with van der Waals surface area (Å²) in [7, 11) is 1.78. The van der Waals surface area contributed by atoms with Gasteiger partial charge in [0.2, 0.25) is 5.91 Å². The van der Waals surface area contributed by atoms with E-state index in [1.54, 1.807) is 36.7 Å². The molecule has 0 spiro atoms. The maximum absolute atomic E-state index is 12.8. The first kappa shape index (κ1) is 25.9. The average Bonchev–Trinajstić information content (AvgIpc) is 3.16. The Labute approximate surface area is 207 Å². The molecule has 0 fully saturated rings. The van der Waals surface area contributed by atoms with Crippen LogP contribution in [0.4, 0.5) is 11.4 Å². The van der Waals surface area contributed by atoms with Gasteiger partial charge in [0.25, 0.3) is 11.6 Å². The molecule has 0 bridgehead atoms. The Balaban J connectivity index is 1.67. The second kappa shape index (κ2) is 11.1. The summed E-state index contributed by atoms with van der Waals surface area (Å²) >= 11 is 1.19. The second-order valence-electron chi connectivity index (χ2n) is 8.56. The fraction of sp³-hybridized carbons (Fsp3) is 0.333. The number of nitrogens with one attached hydrogen (secondary N) is 2. The van der Waals surface area contributed by atoms with Gasteiger partial charge in [-0.05, 0) is 38.0 Å². The average molecular weight is 497 g/mol. The molecule has 0 aliphatic carbocycles. The highest BCUT2D eigenvalue weighted by Gasteiger charge is 2.25. The Morgan fingerprint density at radius 2 is 1.89 bits per heavy atom. The van der Waals surface area contributed by atoms with Crippen molar-refractivity contribution in [3.63, 3.8) is 0 Å². The predicted molar refractivity (Wildman–Crippen MR) is 134 cm³/mol. The number of thioether (sulfide) groups is 1. The van der Waals surface area contributed by atoms with Crippen molar-refractivity contribution in [2.75, 3.05) is 11.1 Å². The molecular weight excluding hydrogens is 468 g/mol. The number of benzene rings is 2. The summed E-state index contributed by atoms with van der Waals surface area (Å²) in [6.07, 6.45) is 0. The number of rotatable bonds is 9. The SMILES string of the molecule is Cc1cccc(C(=O)N[C@@H](c2nnc(SCC(=O)Nc3ccc(C)c([N+](=O)[O-])c3)n2C)C(C)C)c1. The van der Waals surface area contributed by atoms with Gasteiger partial charge in [-0.3, -0.25) is 19.7 Å². The molecule has 10 nitrogen and oxygen atoms in total. The van der Waals surface area contributed by atoms with Crippen LogP contribution in [0, 0.1) is 29.9 Å². The van der Waals surface area contributed by atoms with Crippen LogP contribution in [-0.4, -0.2) is 37.3 Å². The number of hydrogen-bond donors (Lipinski definition) is 2. The molecule has 3 rings (SSSR count). The molecule has 3 aromatic rings. The van der Waals surface area contributed by atoms with E-state index in [1.807, 2.05) is 39.0 Å². The molecule has 1 aromatic heterocycles. The predicted octanol–water partition coefficient (Wildman–Crippen LogP) is 4.20. The zero-order chi connectivity index (χ0) is 25.7. The third-order valence-corrected chi connectivity index (χ3v) is 6.42. The molecule has 1 atom stereocenters. The van der Waals surface area contributed by atoms with Gasteiger partial charge in [-0.1, -0.05) is 49.4 Å². The topological polar surface area (TPSA) is 132 Å². The molecular formula is C24H28N6O4S. The zero-order valence-electron chi connectivity index (χ0n) is 20.2. The summed E-state index contributed by atoms with van der Waals surface area (Å²) in [5.74, 6) is 0.139. The Bertz CT molecular complexity index is 1260. The van der Waals surface area contributed by atoms with E-state index in [4.69, 9.17) is 0 Å². The molecule has 35 heavy (non-hydrogen) atoms. The Morgan fingerprint density at radius 1 is 1.14 bits per heavy atom. The molecule has 2 amide bonds. The molecule has 0 aliphatic rings. The van der Waals surface area contributed by atoms with E-state index in [0.717, 1.165) is 5.56 Å². The highest BCUT2D eigenvalue weighted by molar-refractivity contribution is 7.99. The lowest BCUT2D eigenvalue weighted by atomic mass is 10.0. The summed E-state index contributed by atoms with van der Waals surface area (Å²) < 4.78 is 1.76. The highest BCUT2D eigenvalue weighted by Crippen LogP contribution is 2.26. The molecule has 1 heterocycles. The lowest BCUT2D eigenvalue weighted by molar-refractivity contribution is -0.385. The van der Waals surface area contributed by atoms with Crippen molar-refractivity contribution in [2.24, 2.45) is 13.0 Å². The molecule has 0 saturated heterocycles. The number of aryl methyl sites for hydroxylation is 2. The van der Waals surface area contributed by atoms with Crippen molar-refractivity contribution in [2.45, 2.75) is 38.9 Å². The molecule has 0 radical (unpaired) electrons. The molecule has 2 N–H and O–H groups in total. The lowest BCUT2D eigenvalue weighted by Crippen LogP contribution is -2.33. The zero-order valence-corrected chi connectivity index (χ0v) is 21.0. The van der Waals surface area contributed by atoms with Crippen molar-refractivity contribution >= 4 is 35.0 Å². The standard InChI is InChI=1S/C24H28N6O4S/c1-14(2)21(26-23(32)17-8-6-7-15(3)11-17)22-27-28-24(29(22)5)35-13-20(31)25-18-10-9-16(4)19(12-18)30(33)34/h6-12,14,21H,13H2,1-5H3,(H,25,31)(H,26,32)/t21-/m1/s1. The number of nitro groups is 1. The van der Waals surface area contributed by atoms with E-state index in [9.17, 15) is 19.7 Å². The van der Waals surface area contributed by atoms with Crippen molar-refractivity contribution in [1.29, 1.82) is 0 Å². The van der Waals surface area contributed by atoms with Crippen LogP contribution >= 0.6 is 11.8 Å². The van der Waals surface area contributed by atoms with Crippen LogP contribution < -0.4 is 10.6 Å². The van der Waals surface area contributed by atoms with E-state index >= 15 is 0 Å². The van der Waals surface area contributed by atoms with Crippen LogP contribution in [0.25, 0.3) is 0 Å². The summed E-state index contributed by atoms with van der Waals surface area (Å²) in [4.78, 5) is 35.9. The second-order valence-corrected chi connectivity index (χ2v) is 9.50. The normalized spacial score (nSPS) is 11.8. The number of carbonyl (C=O) groups is 2. The smallest absolute Gasteiger partial charge is 0.274 e. The number of carbonyl (C=O) groups excluding carboxylic acids is 2.